The van der Waals surface area contributed by atoms with Gasteiger partial charge in [-0.05, 0) is 19.1 Å². The Morgan fingerprint density at radius 3 is 2.65 bits per heavy atom. The fraction of sp³-hybridized carbons (Fsp3) is 0.214. The number of benzene rings is 1. The zero-order valence-electron chi connectivity index (χ0n) is 10.7. The first-order valence-electron chi connectivity index (χ1n) is 5.94. The van der Waals surface area contributed by atoms with Crippen LogP contribution in [0.15, 0.2) is 28.7 Å². The van der Waals surface area contributed by atoms with Crippen molar-refractivity contribution in [1.29, 1.82) is 0 Å². The standard InChI is InChI=1S/C14H13F2NO3/c1-8-12(14(18)19)5-11(20-8)7-17-6-9-2-3-10(15)4-13(9)16/h2-5,17H,6-7H2,1H3,(H,18,19). The van der Waals surface area contributed by atoms with E-state index in [-0.39, 0.29) is 18.7 Å². The van der Waals surface area contributed by atoms with E-state index in [1.807, 2.05) is 0 Å². The van der Waals surface area contributed by atoms with Crippen LogP contribution in [-0.2, 0) is 13.1 Å². The van der Waals surface area contributed by atoms with E-state index < -0.39 is 17.6 Å². The Labute approximate surface area is 114 Å². The molecular weight excluding hydrogens is 268 g/mol. The molecule has 0 aliphatic carbocycles. The first kappa shape index (κ1) is 14.2. The third-order valence-corrected chi connectivity index (χ3v) is 2.83. The number of aryl methyl sites for hydroxylation is 1. The third kappa shape index (κ3) is 3.21. The van der Waals surface area contributed by atoms with Gasteiger partial charge >= 0.3 is 5.97 Å². The van der Waals surface area contributed by atoms with E-state index in [4.69, 9.17) is 9.52 Å². The van der Waals surface area contributed by atoms with Crippen LogP contribution in [-0.4, -0.2) is 11.1 Å². The number of aromatic carboxylic acids is 1. The van der Waals surface area contributed by atoms with Crippen LogP contribution in [0.4, 0.5) is 8.78 Å². The zero-order chi connectivity index (χ0) is 14.7. The lowest BCUT2D eigenvalue weighted by atomic mass is 10.2. The molecular formula is C14H13F2NO3. The van der Waals surface area contributed by atoms with Crippen molar-refractivity contribution in [2.75, 3.05) is 0 Å². The minimum absolute atomic E-state index is 0.106. The Kier molecular flexibility index (Phi) is 4.14. The number of halogens is 2. The molecule has 1 aromatic heterocycles. The molecule has 0 radical (unpaired) electrons. The molecule has 0 unspecified atom stereocenters. The largest absolute Gasteiger partial charge is 0.478 e. The Balaban J connectivity index is 1.96. The van der Waals surface area contributed by atoms with Gasteiger partial charge in [-0.2, -0.15) is 0 Å². The molecule has 4 nitrogen and oxygen atoms in total. The second kappa shape index (κ2) is 5.83. The van der Waals surface area contributed by atoms with Gasteiger partial charge < -0.3 is 14.8 Å². The molecule has 0 saturated carbocycles. The quantitative estimate of drug-likeness (QED) is 0.884. The molecule has 2 rings (SSSR count). The predicted octanol–water partition coefficient (Wildman–Crippen LogP) is 2.85. The lowest BCUT2D eigenvalue weighted by Crippen LogP contribution is -2.13. The average Bonchev–Trinajstić information content (AvgIpc) is 2.73. The summed E-state index contributed by atoms with van der Waals surface area (Å²) in [7, 11) is 0. The molecule has 0 amide bonds. The maximum Gasteiger partial charge on any atom is 0.339 e. The smallest absolute Gasteiger partial charge is 0.339 e. The zero-order valence-corrected chi connectivity index (χ0v) is 10.7. The molecule has 6 heteroatoms. The van der Waals surface area contributed by atoms with Crippen LogP contribution in [0.5, 0.6) is 0 Å². The molecule has 0 fully saturated rings. The topological polar surface area (TPSA) is 62.5 Å². The van der Waals surface area contributed by atoms with E-state index in [1.54, 1.807) is 6.92 Å². The van der Waals surface area contributed by atoms with Crippen LogP contribution in [0.25, 0.3) is 0 Å². The summed E-state index contributed by atoms with van der Waals surface area (Å²) in [4.78, 5) is 10.8. The summed E-state index contributed by atoms with van der Waals surface area (Å²) in [6.07, 6.45) is 0. The van der Waals surface area contributed by atoms with Crippen LogP contribution in [0.3, 0.4) is 0 Å². The number of hydrogen-bond donors (Lipinski definition) is 2. The monoisotopic (exact) mass is 281 g/mol. The van der Waals surface area contributed by atoms with Crippen molar-refractivity contribution in [3.63, 3.8) is 0 Å². The second-order valence-corrected chi connectivity index (χ2v) is 4.33. The Hall–Kier alpha value is -2.21. The van der Waals surface area contributed by atoms with Gasteiger partial charge in [0.2, 0.25) is 0 Å². The summed E-state index contributed by atoms with van der Waals surface area (Å²) in [6.45, 7) is 2.01. The second-order valence-electron chi connectivity index (χ2n) is 4.33. The van der Waals surface area contributed by atoms with Gasteiger partial charge in [0.1, 0.15) is 28.7 Å². The molecule has 0 bridgehead atoms. The molecule has 2 N–H and O–H groups in total. The number of carboxylic acids is 1. The lowest BCUT2D eigenvalue weighted by Gasteiger charge is -2.04. The fourth-order valence-electron chi connectivity index (χ4n) is 1.83. The van der Waals surface area contributed by atoms with Crippen molar-refractivity contribution in [3.8, 4) is 0 Å². The molecule has 1 heterocycles. The molecule has 0 spiro atoms. The highest BCUT2D eigenvalue weighted by Crippen LogP contribution is 2.15. The van der Waals surface area contributed by atoms with E-state index in [9.17, 15) is 13.6 Å². The van der Waals surface area contributed by atoms with Crippen LogP contribution >= 0.6 is 0 Å². The SMILES string of the molecule is Cc1oc(CNCc2ccc(F)cc2F)cc1C(=O)O. The first-order valence-corrected chi connectivity index (χ1v) is 5.94. The van der Waals surface area contributed by atoms with Crippen molar-refractivity contribution in [2.24, 2.45) is 0 Å². The van der Waals surface area contributed by atoms with Gasteiger partial charge in [0, 0.05) is 18.2 Å². The summed E-state index contributed by atoms with van der Waals surface area (Å²) in [5.41, 5.74) is 0.433. The molecule has 0 atom stereocenters. The summed E-state index contributed by atoms with van der Waals surface area (Å²) in [5, 5.41) is 11.8. The lowest BCUT2D eigenvalue weighted by molar-refractivity contribution is 0.0695. The Morgan fingerprint density at radius 2 is 2.05 bits per heavy atom. The number of furan rings is 1. The number of rotatable bonds is 5. The number of carboxylic acid groups (broad SMARTS) is 1. The highest BCUT2D eigenvalue weighted by atomic mass is 19.1. The van der Waals surface area contributed by atoms with Crippen molar-refractivity contribution in [1.82, 2.24) is 5.32 Å². The minimum atomic E-state index is -1.05. The molecule has 1 aromatic carbocycles. The van der Waals surface area contributed by atoms with Gasteiger partial charge in [-0.3, -0.25) is 0 Å². The van der Waals surface area contributed by atoms with E-state index >= 15 is 0 Å². The summed E-state index contributed by atoms with van der Waals surface area (Å²) < 4.78 is 31.4. The van der Waals surface area contributed by atoms with Crippen LogP contribution in [0.1, 0.15) is 27.4 Å². The number of nitrogens with one attached hydrogen (secondary N) is 1. The van der Waals surface area contributed by atoms with Crippen molar-refractivity contribution in [3.05, 3.63) is 58.5 Å². The normalized spacial score (nSPS) is 10.8. The minimum Gasteiger partial charge on any atom is -0.478 e. The van der Waals surface area contributed by atoms with E-state index in [2.05, 4.69) is 5.32 Å². The summed E-state index contributed by atoms with van der Waals surface area (Å²) in [5.74, 6) is -1.54. The Morgan fingerprint density at radius 1 is 1.30 bits per heavy atom. The average molecular weight is 281 g/mol. The maximum atomic E-state index is 13.4. The highest BCUT2D eigenvalue weighted by Gasteiger charge is 2.13. The van der Waals surface area contributed by atoms with Gasteiger partial charge in [-0.15, -0.1) is 0 Å². The summed E-state index contributed by atoms with van der Waals surface area (Å²) >= 11 is 0. The van der Waals surface area contributed by atoms with Crippen molar-refractivity contribution in [2.45, 2.75) is 20.0 Å². The van der Waals surface area contributed by atoms with Crippen molar-refractivity contribution >= 4 is 5.97 Å². The molecule has 2 aromatic rings. The fourth-order valence-corrected chi connectivity index (χ4v) is 1.83. The van der Waals surface area contributed by atoms with Gasteiger partial charge in [0.15, 0.2) is 0 Å². The molecule has 0 saturated heterocycles. The summed E-state index contributed by atoms with van der Waals surface area (Å²) in [6, 6.07) is 4.77. The van der Waals surface area contributed by atoms with Gasteiger partial charge in [0.05, 0.1) is 6.54 Å². The van der Waals surface area contributed by atoms with Gasteiger partial charge in [-0.25, -0.2) is 13.6 Å². The predicted molar refractivity (Wildman–Crippen MR) is 67.3 cm³/mol. The number of carbonyl (C=O) groups is 1. The van der Waals surface area contributed by atoms with E-state index in [0.717, 1.165) is 6.07 Å². The maximum absolute atomic E-state index is 13.4. The highest BCUT2D eigenvalue weighted by molar-refractivity contribution is 5.88. The molecule has 106 valence electrons. The van der Waals surface area contributed by atoms with Crippen LogP contribution in [0, 0.1) is 18.6 Å². The Bertz CT molecular complexity index is 637. The van der Waals surface area contributed by atoms with Crippen LogP contribution < -0.4 is 5.32 Å². The van der Waals surface area contributed by atoms with Crippen molar-refractivity contribution < 1.29 is 23.1 Å². The number of hydrogen-bond acceptors (Lipinski definition) is 3. The molecule has 0 aliphatic heterocycles. The van der Waals surface area contributed by atoms with Crippen LogP contribution in [0.2, 0.25) is 0 Å². The van der Waals surface area contributed by atoms with E-state index in [0.29, 0.717) is 17.1 Å². The molecule has 20 heavy (non-hydrogen) atoms. The third-order valence-electron chi connectivity index (χ3n) is 2.83. The van der Waals surface area contributed by atoms with Gasteiger partial charge in [0.25, 0.3) is 0 Å². The van der Waals surface area contributed by atoms with E-state index in [1.165, 1.54) is 18.2 Å². The first-order chi connectivity index (χ1) is 9.47. The van der Waals surface area contributed by atoms with Gasteiger partial charge in [-0.1, -0.05) is 6.07 Å². The molecule has 0 aliphatic rings.